The molecule has 156 valence electrons. The first-order valence-corrected chi connectivity index (χ1v) is 8.75. The van der Waals surface area contributed by atoms with E-state index in [1.165, 1.54) is 13.2 Å². The van der Waals surface area contributed by atoms with Crippen molar-refractivity contribution in [3.05, 3.63) is 29.3 Å². The molecule has 3 N–H and O–H groups in total. The molecule has 9 heteroatoms. The van der Waals surface area contributed by atoms with Crippen molar-refractivity contribution < 1.29 is 23.4 Å². The number of piperidine rings is 1. The van der Waals surface area contributed by atoms with E-state index in [4.69, 9.17) is 15.2 Å². The molecule has 2 atom stereocenters. The predicted octanol–water partition coefficient (Wildman–Crippen LogP) is 2.51. The summed E-state index contributed by atoms with van der Waals surface area (Å²) < 4.78 is 38.6. The van der Waals surface area contributed by atoms with Crippen LogP contribution in [0.2, 0.25) is 0 Å². The lowest BCUT2D eigenvalue weighted by atomic mass is 9.58. The van der Waals surface area contributed by atoms with Crippen molar-refractivity contribution in [2.45, 2.75) is 38.0 Å². The van der Waals surface area contributed by atoms with Gasteiger partial charge in [0.15, 0.2) is 11.6 Å². The Labute approximate surface area is 171 Å². The summed E-state index contributed by atoms with van der Waals surface area (Å²) in [6, 6.07) is 2.53. The van der Waals surface area contributed by atoms with E-state index in [-0.39, 0.29) is 54.5 Å². The van der Waals surface area contributed by atoms with Gasteiger partial charge in [-0.2, -0.15) is 0 Å². The Morgan fingerprint density at radius 1 is 1.26 bits per heavy atom. The number of hydrogen-bond donors (Lipinski definition) is 2. The van der Waals surface area contributed by atoms with E-state index in [9.17, 15) is 13.9 Å². The lowest BCUT2D eigenvalue weighted by molar-refractivity contribution is -0.210. The van der Waals surface area contributed by atoms with Gasteiger partial charge in [-0.05, 0) is 38.1 Å². The topological polar surface area (TPSA) is 68.0 Å². The Kier molecular flexibility index (Phi) is 9.18. The number of methoxy groups -OCH3 is 1. The van der Waals surface area contributed by atoms with Gasteiger partial charge in [-0.25, -0.2) is 8.78 Å². The molecule has 0 radical (unpaired) electrons. The number of likely N-dealkylation sites (tertiary alicyclic amines) is 1. The molecular weight excluding hydrogens is 401 g/mol. The molecule has 1 aromatic carbocycles. The van der Waals surface area contributed by atoms with Crippen LogP contribution in [0, 0.1) is 17.0 Å². The minimum atomic E-state index is -0.867. The molecule has 3 rings (SSSR count). The number of nitrogens with two attached hydrogens (primary N) is 1. The van der Waals surface area contributed by atoms with Crippen LogP contribution in [-0.4, -0.2) is 55.6 Å². The third-order valence-corrected chi connectivity index (χ3v) is 5.72. The van der Waals surface area contributed by atoms with Crippen LogP contribution in [0.3, 0.4) is 0 Å². The standard InChI is InChI=1S/C18H26F2N2O3.2ClH/c1-24-14-3-2-13(19)17(20)12(14)11-22-7-4-18(5-8-22)15(23)10-16(18)25-9-6-21;;/h2-3,15-16,23H,4-11,21H2,1H3;2*1H/t15-,16+;;/m1../s1. The second-order valence-corrected chi connectivity index (χ2v) is 6.95. The average molecular weight is 429 g/mol. The fourth-order valence-electron chi connectivity index (χ4n) is 4.09. The molecule has 1 spiro atoms. The summed E-state index contributed by atoms with van der Waals surface area (Å²) in [4.78, 5) is 2.07. The zero-order valence-corrected chi connectivity index (χ0v) is 17.0. The second-order valence-electron chi connectivity index (χ2n) is 6.95. The lowest BCUT2D eigenvalue weighted by Crippen LogP contribution is -2.62. The molecule has 1 aliphatic heterocycles. The van der Waals surface area contributed by atoms with E-state index in [0.717, 1.165) is 18.9 Å². The van der Waals surface area contributed by atoms with E-state index in [0.29, 0.717) is 38.4 Å². The van der Waals surface area contributed by atoms with Crippen LogP contribution in [0.25, 0.3) is 0 Å². The first-order chi connectivity index (χ1) is 12.0. The highest BCUT2D eigenvalue weighted by atomic mass is 35.5. The highest BCUT2D eigenvalue weighted by molar-refractivity contribution is 5.85. The maximum Gasteiger partial charge on any atom is 0.167 e. The van der Waals surface area contributed by atoms with E-state index in [2.05, 4.69) is 4.90 Å². The van der Waals surface area contributed by atoms with Gasteiger partial charge in [0.2, 0.25) is 0 Å². The largest absolute Gasteiger partial charge is 0.496 e. The Bertz CT molecular complexity index is 617. The normalized spacial score (nSPS) is 23.9. The summed E-state index contributed by atoms with van der Waals surface area (Å²) in [7, 11) is 1.45. The van der Waals surface area contributed by atoms with Crippen LogP contribution >= 0.6 is 24.8 Å². The lowest BCUT2D eigenvalue weighted by Gasteiger charge is -2.56. The van der Waals surface area contributed by atoms with Crippen molar-refractivity contribution in [2.75, 3.05) is 33.4 Å². The van der Waals surface area contributed by atoms with E-state index >= 15 is 0 Å². The van der Waals surface area contributed by atoms with Crippen LogP contribution in [0.5, 0.6) is 5.75 Å². The van der Waals surface area contributed by atoms with E-state index < -0.39 is 11.6 Å². The fourth-order valence-corrected chi connectivity index (χ4v) is 4.09. The smallest absolute Gasteiger partial charge is 0.167 e. The fraction of sp³-hybridized carbons (Fsp3) is 0.667. The number of rotatable bonds is 6. The maximum absolute atomic E-state index is 14.1. The maximum atomic E-state index is 14.1. The monoisotopic (exact) mass is 428 g/mol. The van der Waals surface area contributed by atoms with Gasteiger partial charge < -0.3 is 20.3 Å². The number of ether oxygens (including phenoxy) is 2. The molecule has 5 nitrogen and oxygen atoms in total. The van der Waals surface area contributed by atoms with Crippen molar-refractivity contribution >= 4 is 24.8 Å². The molecule has 1 aliphatic carbocycles. The van der Waals surface area contributed by atoms with E-state index in [1.54, 1.807) is 0 Å². The van der Waals surface area contributed by atoms with Gasteiger partial charge in [0, 0.05) is 30.5 Å². The quantitative estimate of drug-likeness (QED) is 0.728. The number of aliphatic hydroxyl groups excluding tert-OH is 1. The van der Waals surface area contributed by atoms with Gasteiger partial charge in [-0.15, -0.1) is 24.8 Å². The van der Waals surface area contributed by atoms with Crippen LogP contribution in [0.4, 0.5) is 8.78 Å². The predicted molar refractivity (Wildman–Crippen MR) is 104 cm³/mol. The van der Waals surface area contributed by atoms with Gasteiger partial charge in [-0.1, -0.05) is 0 Å². The highest BCUT2D eigenvalue weighted by Gasteiger charge is 2.56. The minimum Gasteiger partial charge on any atom is -0.496 e. The van der Waals surface area contributed by atoms with Crippen LogP contribution in [0.15, 0.2) is 12.1 Å². The first-order valence-electron chi connectivity index (χ1n) is 8.75. The molecular formula is C18H28Cl2F2N2O3. The van der Waals surface area contributed by atoms with Gasteiger partial charge in [-0.3, -0.25) is 4.90 Å². The third kappa shape index (κ3) is 4.66. The Balaban J connectivity index is 0.00000182. The second kappa shape index (κ2) is 10.2. The Morgan fingerprint density at radius 3 is 2.48 bits per heavy atom. The minimum absolute atomic E-state index is 0. The average Bonchev–Trinajstić information content (AvgIpc) is 2.63. The van der Waals surface area contributed by atoms with Crippen LogP contribution < -0.4 is 10.5 Å². The molecule has 27 heavy (non-hydrogen) atoms. The molecule has 2 fully saturated rings. The summed E-state index contributed by atoms with van der Waals surface area (Å²) in [6.07, 6.45) is 1.85. The van der Waals surface area contributed by atoms with Crippen molar-refractivity contribution in [3.8, 4) is 5.75 Å². The molecule has 0 bridgehead atoms. The van der Waals surface area contributed by atoms with E-state index in [1.807, 2.05) is 0 Å². The SMILES string of the molecule is COc1ccc(F)c(F)c1CN1CCC2(CC1)[C@H](O)C[C@@H]2OCCN.Cl.Cl. The number of nitrogens with zero attached hydrogens (tertiary/aromatic N) is 1. The number of halogens is 4. The van der Waals surface area contributed by atoms with Gasteiger partial charge in [0.1, 0.15) is 5.75 Å². The molecule has 1 heterocycles. The van der Waals surface area contributed by atoms with Crippen molar-refractivity contribution in [3.63, 3.8) is 0 Å². The number of hydrogen-bond acceptors (Lipinski definition) is 5. The van der Waals surface area contributed by atoms with Crippen molar-refractivity contribution in [1.82, 2.24) is 4.90 Å². The Morgan fingerprint density at radius 2 is 1.93 bits per heavy atom. The molecule has 1 aromatic rings. The summed E-state index contributed by atoms with van der Waals surface area (Å²) >= 11 is 0. The molecule has 1 saturated carbocycles. The van der Waals surface area contributed by atoms with Gasteiger partial charge >= 0.3 is 0 Å². The van der Waals surface area contributed by atoms with Crippen molar-refractivity contribution in [1.29, 1.82) is 0 Å². The van der Waals surface area contributed by atoms with Gasteiger partial charge in [0.05, 0.1) is 25.9 Å². The van der Waals surface area contributed by atoms with Crippen LogP contribution in [-0.2, 0) is 11.3 Å². The summed E-state index contributed by atoms with van der Waals surface area (Å²) in [5, 5.41) is 10.3. The third-order valence-electron chi connectivity index (χ3n) is 5.72. The zero-order valence-electron chi connectivity index (χ0n) is 15.3. The van der Waals surface area contributed by atoms with Gasteiger partial charge in [0.25, 0.3) is 0 Å². The Hall–Kier alpha value is -0.700. The molecule has 0 amide bonds. The summed E-state index contributed by atoms with van der Waals surface area (Å²) in [5.41, 5.74) is 5.51. The van der Waals surface area contributed by atoms with Crippen LogP contribution in [0.1, 0.15) is 24.8 Å². The first kappa shape index (κ1) is 24.3. The summed E-state index contributed by atoms with van der Waals surface area (Å²) in [5.74, 6) is -1.37. The molecule has 1 saturated heterocycles. The van der Waals surface area contributed by atoms with Crippen molar-refractivity contribution in [2.24, 2.45) is 11.1 Å². The highest BCUT2D eigenvalue weighted by Crippen LogP contribution is 2.51. The molecule has 0 unspecified atom stereocenters. The zero-order chi connectivity index (χ0) is 18.0. The molecule has 2 aliphatic rings. The number of benzene rings is 1. The molecule has 0 aromatic heterocycles. The number of aliphatic hydroxyl groups is 1. The summed E-state index contributed by atoms with van der Waals surface area (Å²) in [6.45, 7) is 2.63.